The van der Waals surface area contributed by atoms with E-state index in [1.54, 1.807) is 26.2 Å². The number of aromatic nitrogens is 2. The van der Waals surface area contributed by atoms with Crippen molar-refractivity contribution >= 4 is 31.9 Å². The van der Waals surface area contributed by atoms with Crippen molar-refractivity contribution in [2.75, 3.05) is 7.11 Å². The lowest BCUT2D eigenvalue weighted by Gasteiger charge is -2.12. The molecule has 0 aliphatic carbocycles. The van der Waals surface area contributed by atoms with Crippen LogP contribution in [0.15, 0.2) is 21.1 Å². The summed E-state index contributed by atoms with van der Waals surface area (Å²) in [6.45, 7) is 3.61. The number of rotatable bonds is 3. The Bertz CT molecular complexity index is 742. The zero-order valence-electron chi connectivity index (χ0n) is 11.6. The van der Waals surface area contributed by atoms with Crippen molar-refractivity contribution in [1.29, 1.82) is 5.26 Å². The average molecular weight is 413 g/mol. The molecule has 1 heterocycles. The molecule has 5 nitrogen and oxygen atoms in total. The van der Waals surface area contributed by atoms with Gasteiger partial charge in [-0.3, -0.25) is 0 Å². The highest BCUT2D eigenvalue weighted by Crippen LogP contribution is 2.38. The van der Waals surface area contributed by atoms with Crippen LogP contribution < -0.4 is 9.47 Å². The Kier molecular flexibility index (Phi) is 4.80. The third-order valence-corrected chi connectivity index (χ3v) is 4.19. The number of aryl methyl sites for hydroxylation is 1. The Balaban J connectivity index is 2.47. The molecule has 0 bridgehead atoms. The van der Waals surface area contributed by atoms with E-state index in [2.05, 4.69) is 48.1 Å². The Morgan fingerprint density at radius 1 is 1.10 bits per heavy atom. The van der Waals surface area contributed by atoms with E-state index >= 15 is 0 Å². The molecule has 1 aromatic carbocycles. The summed E-state index contributed by atoms with van der Waals surface area (Å²) in [5, 5.41) is 17.2. The minimum absolute atomic E-state index is 0.179. The van der Waals surface area contributed by atoms with Crippen molar-refractivity contribution in [2.24, 2.45) is 0 Å². The summed E-state index contributed by atoms with van der Waals surface area (Å²) in [5.74, 6) is 1.36. The molecular weight excluding hydrogens is 402 g/mol. The molecule has 2 aromatic rings. The van der Waals surface area contributed by atoms with E-state index in [4.69, 9.17) is 9.47 Å². The highest BCUT2D eigenvalue weighted by Gasteiger charge is 2.15. The van der Waals surface area contributed by atoms with Gasteiger partial charge in [0.1, 0.15) is 23.1 Å². The maximum Gasteiger partial charge on any atom is 0.257 e. The predicted molar refractivity (Wildman–Crippen MR) is 84.7 cm³/mol. The third-order valence-electron chi connectivity index (χ3n) is 2.95. The van der Waals surface area contributed by atoms with Crippen molar-refractivity contribution in [1.82, 2.24) is 10.2 Å². The normalized spacial score (nSPS) is 10.1. The summed E-state index contributed by atoms with van der Waals surface area (Å²) in [6, 6.07) is 5.60. The standard InChI is InChI=1S/C14H11Br2N3O2/c1-7-8(2)18-19-14(9(7)6-17)21-13-5-10(15)12(20-3)4-11(13)16/h4-5H,1-3H3. The summed E-state index contributed by atoms with van der Waals surface area (Å²) < 4.78 is 12.3. The second-order valence-corrected chi connectivity index (χ2v) is 5.93. The van der Waals surface area contributed by atoms with Crippen LogP contribution in [0.25, 0.3) is 0 Å². The van der Waals surface area contributed by atoms with Gasteiger partial charge < -0.3 is 9.47 Å². The summed E-state index contributed by atoms with van der Waals surface area (Å²) in [5.41, 5.74) is 1.83. The van der Waals surface area contributed by atoms with E-state index in [-0.39, 0.29) is 5.88 Å². The van der Waals surface area contributed by atoms with Crippen LogP contribution in [0.1, 0.15) is 16.8 Å². The molecule has 1 aromatic heterocycles. The first kappa shape index (κ1) is 15.7. The zero-order chi connectivity index (χ0) is 15.6. The fourth-order valence-electron chi connectivity index (χ4n) is 1.64. The van der Waals surface area contributed by atoms with E-state index < -0.39 is 0 Å². The van der Waals surface area contributed by atoms with Crippen LogP contribution in [0, 0.1) is 25.2 Å². The number of ether oxygens (including phenoxy) is 2. The third kappa shape index (κ3) is 3.17. The van der Waals surface area contributed by atoms with Gasteiger partial charge in [-0.2, -0.15) is 10.4 Å². The maximum absolute atomic E-state index is 9.27. The smallest absolute Gasteiger partial charge is 0.257 e. The van der Waals surface area contributed by atoms with E-state index in [1.807, 2.05) is 6.92 Å². The summed E-state index contributed by atoms with van der Waals surface area (Å²) >= 11 is 6.79. The molecular formula is C14H11Br2N3O2. The molecule has 0 fully saturated rings. The average Bonchev–Trinajstić information content (AvgIpc) is 2.46. The maximum atomic E-state index is 9.27. The molecule has 7 heteroatoms. The number of nitriles is 1. The van der Waals surface area contributed by atoms with Gasteiger partial charge in [-0.15, -0.1) is 5.10 Å². The molecule has 0 spiro atoms. The van der Waals surface area contributed by atoms with Gasteiger partial charge in [0, 0.05) is 0 Å². The van der Waals surface area contributed by atoms with Gasteiger partial charge in [-0.25, -0.2) is 0 Å². The molecule has 21 heavy (non-hydrogen) atoms. The SMILES string of the molecule is COc1cc(Br)c(Oc2nnc(C)c(C)c2C#N)cc1Br. The first-order valence-electron chi connectivity index (χ1n) is 5.92. The Labute approximate surface area is 139 Å². The Morgan fingerprint density at radius 3 is 2.33 bits per heavy atom. The number of hydrogen-bond acceptors (Lipinski definition) is 5. The molecule has 0 radical (unpaired) electrons. The number of nitrogens with zero attached hydrogens (tertiary/aromatic N) is 3. The van der Waals surface area contributed by atoms with Crippen LogP contribution in [-0.2, 0) is 0 Å². The number of hydrogen-bond donors (Lipinski definition) is 0. The van der Waals surface area contributed by atoms with E-state index in [1.165, 1.54) is 0 Å². The van der Waals surface area contributed by atoms with Crippen molar-refractivity contribution in [3.8, 4) is 23.4 Å². The van der Waals surface area contributed by atoms with Gasteiger partial charge in [0.15, 0.2) is 0 Å². The molecule has 108 valence electrons. The predicted octanol–water partition coefficient (Wildman–Crippen LogP) is 4.29. The van der Waals surface area contributed by atoms with Gasteiger partial charge in [0.2, 0.25) is 0 Å². The lowest BCUT2D eigenvalue weighted by atomic mass is 10.1. The molecule has 0 unspecified atom stereocenters. The Morgan fingerprint density at radius 2 is 1.71 bits per heavy atom. The summed E-state index contributed by atoms with van der Waals surface area (Å²) in [6.07, 6.45) is 0. The number of halogens is 2. The van der Waals surface area contributed by atoms with Crippen LogP contribution in [0.2, 0.25) is 0 Å². The van der Waals surface area contributed by atoms with E-state index in [9.17, 15) is 5.26 Å². The van der Waals surface area contributed by atoms with Crippen molar-refractivity contribution < 1.29 is 9.47 Å². The van der Waals surface area contributed by atoms with Crippen molar-refractivity contribution in [3.05, 3.63) is 37.9 Å². The first-order chi connectivity index (χ1) is 9.97. The van der Waals surface area contributed by atoms with Gasteiger partial charge >= 0.3 is 0 Å². The summed E-state index contributed by atoms with van der Waals surface area (Å²) in [4.78, 5) is 0. The minimum atomic E-state index is 0.179. The lowest BCUT2D eigenvalue weighted by molar-refractivity contribution is 0.408. The van der Waals surface area contributed by atoms with Gasteiger partial charge in [0.05, 0.1) is 21.7 Å². The van der Waals surface area contributed by atoms with Crippen molar-refractivity contribution in [3.63, 3.8) is 0 Å². The molecule has 0 saturated carbocycles. The van der Waals surface area contributed by atoms with Crippen LogP contribution in [0.4, 0.5) is 0 Å². The second-order valence-electron chi connectivity index (χ2n) is 4.22. The molecule has 0 aliphatic rings. The number of benzene rings is 1. The molecule has 0 aliphatic heterocycles. The van der Waals surface area contributed by atoms with Gasteiger partial charge in [-0.1, -0.05) is 0 Å². The monoisotopic (exact) mass is 411 g/mol. The number of methoxy groups -OCH3 is 1. The van der Waals surface area contributed by atoms with Crippen LogP contribution in [0.5, 0.6) is 17.4 Å². The Hall–Kier alpha value is -1.65. The molecule has 0 N–H and O–H groups in total. The molecule has 0 atom stereocenters. The van der Waals surface area contributed by atoms with Gasteiger partial charge in [-0.05, 0) is 63.4 Å². The van der Waals surface area contributed by atoms with E-state index in [0.717, 1.165) is 10.0 Å². The summed E-state index contributed by atoms with van der Waals surface area (Å²) in [7, 11) is 1.58. The van der Waals surface area contributed by atoms with Crippen LogP contribution in [0.3, 0.4) is 0 Å². The first-order valence-corrected chi connectivity index (χ1v) is 7.51. The zero-order valence-corrected chi connectivity index (χ0v) is 14.7. The largest absolute Gasteiger partial charge is 0.496 e. The highest BCUT2D eigenvalue weighted by molar-refractivity contribution is 9.11. The van der Waals surface area contributed by atoms with E-state index in [0.29, 0.717) is 27.2 Å². The fraction of sp³-hybridized carbons (Fsp3) is 0.214. The van der Waals surface area contributed by atoms with Crippen LogP contribution >= 0.6 is 31.9 Å². The van der Waals surface area contributed by atoms with Crippen LogP contribution in [-0.4, -0.2) is 17.3 Å². The second kappa shape index (κ2) is 6.41. The lowest BCUT2D eigenvalue weighted by Crippen LogP contribution is -2.01. The topological polar surface area (TPSA) is 68.0 Å². The minimum Gasteiger partial charge on any atom is -0.496 e. The quantitative estimate of drug-likeness (QED) is 0.751. The van der Waals surface area contributed by atoms with Gasteiger partial charge in [0.25, 0.3) is 5.88 Å². The molecule has 2 rings (SSSR count). The van der Waals surface area contributed by atoms with Crippen molar-refractivity contribution in [2.45, 2.75) is 13.8 Å². The molecule has 0 amide bonds. The molecule has 0 saturated heterocycles. The fourth-order valence-corrected chi connectivity index (χ4v) is 2.53. The highest BCUT2D eigenvalue weighted by atomic mass is 79.9.